The molecule has 2 atom stereocenters. The van der Waals surface area contributed by atoms with Gasteiger partial charge in [-0.2, -0.15) is 0 Å². The minimum absolute atomic E-state index is 0.0249. The van der Waals surface area contributed by atoms with Gasteiger partial charge in [-0.1, -0.05) is 13.3 Å². The topological polar surface area (TPSA) is 58.4 Å². The predicted octanol–water partition coefficient (Wildman–Crippen LogP) is 0.570. The lowest BCUT2D eigenvalue weighted by molar-refractivity contribution is -0.123. The van der Waals surface area contributed by atoms with Gasteiger partial charge in [-0.3, -0.25) is 4.79 Å². The first-order valence-corrected chi connectivity index (χ1v) is 5.68. The Morgan fingerprint density at radius 2 is 2.00 bits per heavy atom. The van der Waals surface area contributed by atoms with Gasteiger partial charge in [0.05, 0.1) is 6.04 Å². The van der Waals surface area contributed by atoms with Crippen LogP contribution in [0.2, 0.25) is 0 Å². The number of carbonyl (C=O) groups is 1. The van der Waals surface area contributed by atoms with Gasteiger partial charge in [0.1, 0.15) is 0 Å². The molecule has 0 aromatic rings. The zero-order valence-electron chi connectivity index (χ0n) is 10.4. The fraction of sp³-hybridized carbons (Fsp3) is 0.909. The van der Waals surface area contributed by atoms with Gasteiger partial charge in [0.15, 0.2) is 0 Å². The summed E-state index contributed by atoms with van der Waals surface area (Å²) in [4.78, 5) is 13.6. The average Bonchev–Trinajstić information content (AvgIpc) is 2.15. The molecule has 0 fully saturated rings. The highest BCUT2D eigenvalue weighted by Gasteiger charge is 2.14. The van der Waals surface area contributed by atoms with Crippen molar-refractivity contribution >= 4 is 5.91 Å². The Morgan fingerprint density at radius 1 is 1.40 bits per heavy atom. The number of hydrogen-bond donors (Lipinski definition) is 2. The SMILES string of the molecule is CCC[C@@H](N)C(=O)NC(C)CCN(C)C. The highest BCUT2D eigenvalue weighted by molar-refractivity contribution is 5.81. The first kappa shape index (κ1) is 14.4. The molecule has 0 aliphatic carbocycles. The maximum absolute atomic E-state index is 11.5. The molecule has 0 saturated heterocycles. The summed E-state index contributed by atoms with van der Waals surface area (Å²) in [5.74, 6) is -0.0249. The highest BCUT2D eigenvalue weighted by atomic mass is 16.2. The predicted molar refractivity (Wildman–Crippen MR) is 63.7 cm³/mol. The summed E-state index contributed by atoms with van der Waals surface area (Å²) in [6.07, 6.45) is 2.66. The van der Waals surface area contributed by atoms with Gasteiger partial charge in [0, 0.05) is 6.04 Å². The van der Waals surface area contributed by atoms with E-state index < -0.39 is 0 Å². The zero-order chi connectivity index (χ0) is 11.8. The molecular weight excluding hydrogens is 190 g/mol. The van der Waals surface area contributed by atoms with Crippen molar-refractivity contribution in [3.8, 4) is 0 Å². The molecule has 0 spiro atoms. The van der Waals surface area contributed by atoms with E-state index in [1.165, 1.54) is 0 Å². The average molecular weight is 215 g/mol. The second-order valence-electron chi connectivity index (χ2n) is 4.40. The largest absolute Gasteiger partial charge is 0.352 e. The van der Waals surface area contributed by atoms with Crippen LogP contribution in [0.3, 0.4) is 0 Å². The summed E-state index contributed by atoms with van der Waals surface area (Å²) in [6, 6.07) is -0.153. The third-order valence-electron chi connectivity index (χ3n) is 2.33. The van der Waals surface area contributed by atoms with Gasteiger partial charge in [-0.25, -0.2) is 0 Å². The number of nitrogens with two attached hydrogens (primary N) is 1. The van der Waals surface area contributed by atoms with Crippen molar-refractivity contribution in [2.75, 3.05) is 20.6 Å². The molecular formula is C11H25N3O. The van der Waals surface area contributed by atoms with E-state index in [-0.39, 0.29) is 18.0 Å². The third kappa shape index (κ3) is 7.33. The third-order valence-corrected chi connectivity index (χ3v) is 2.33. The van der Waals surface area contributed by atoms with Crippen molar-refractivity contribution in [1.82, 2.24) is 10.2 Å². The minimum Gasteiger partial charge on any atom is -0.352 e. The van der Waals surface area contributed by atoms with E-state index in [1.807, 2.05) is 27.9 Å². The Bertz CT molecular complexity index is 183. The van der Waals surface area contributed by atoms with Crippen LogP contribution >= 0.6 is 0 Å². The van der Waals surface area contributed by atoms with Crippen LogP contribution in [0.1, 0.15) is 33.1 Å². The lowest BCUT2D eigenvalue weighted by atomic mass is 10.1. The fourth-order valence-corrected chi connectivity index (χ4v) is 1.32. The number of amides is 1. The molecule has 4 heteroatoms. The zero-order valence-corrected chi connectivity index (χ0v) is 10.4. The summed E-state index contributed by atoms with van der Waals surface area (Å²) in [6.45, 7) is 5.02. The Hall–Kier alpha value is -0.610. The standard InChI is InChI=1S/C11H25N3O/c1-5-6-10(12)11(15)13-9(2)7-8-14(3)4/h9-10H,5-8,12H2,1-4H3,(H,13,15)/t9?,10-/m1/s1. The number of carbonyl (C=O) groups excluding carboxylic acids is 1. The second kappa shape index (κ2) is 7.65. The number of nitrogens with one attached hydrogen (secondary N) is 1. The fourth-order valence-electron chi connectivity index (χ4n) is 1.32. The smallest absolute Gasteiger partial charge is 0.237 e. The van der Waals surface area contributed by atoms with Gasteiger partial charge in [0.25, 0.3) is 0 Å². The molecule has 0 aromatic carbocycles. The molecule has 0 radical (unpaired) electrons. The molecule has 15 heavy (non-hydrogen) atoms. The summed E-state index contributed by atoms with van der Waals surface area (Å²) in [5.41, 5.74) is 5.71. The van der Waals surface area contributed by atoms with Gasteiger partial charge in [0.2, 0.25) is 5.91 Å². The maximum Gasteiger partial charge on any atom is 0.237 e. The van der Waals surface area contributed by atoms with Crippen LogP contribution in [0, 0.1) is 0 Å². The Kier molecular flexibility index (Phi) is 7.34. The molecule has 1 amide bonds. The summed E-state index contributed by atoms with van der Waals surface area (Å²) < 4.78 is 0. The van der Waals surface area contributed by atoms with Crippen LogP contribution in [-0.2, 0) is 4.79 Å². The van der Waals surface area contributed by atoms with Crippen molar-refractivity contribution in [3.05, 3.63) is 0 Å². The number of rotatable bonds is 7. The van der Waals surface area contributed by atoms with E-state index in [2.05, 4.69) is 10.2 Å². The monoisotopic (exact) mass is 215 g/mol. The summed E-state index contributed by atoms with van der Waals surface area (Å²) in [7, 11) is 4.05. The molecule has 0 aliphatic rings. The second-order valence-corrected chi connectivity index (χ2v) is 4.40. The van der Waals surface area contributed by atoms with E-state index in [0.29, 0.717) is 0 Å². The van der Waals surface area contributed by atoms with Crippen LogP contribution in [0.25, 0.3) is 0 Å². The molecule has 0 aliphatic heterocycles. The van der Waals surface area contributed by atoms with Crippen molar-refractivity contribution in [3.63, 3.8) is 0 Å². The Balaban J connectivity index is 3.75. The molecule has 0 saturated carbocycles. The molecule has 90 valence electrons. The Morgan fingerprint density at radius 3 is 2.47 bits per heavy atom. The van der Waals surface area contributed by atoms with E-state index in [1.54, 1.807) is 0 Å². The van der Waals surface area contributed by atoms with E-state index in [0.717, 1.165) is 25.8 Å². The van der Waals surface area contributed by atoms with Gasteiger partial charge < -0.3 is 16.0 Å². The summed E-state index contributed by atoms with van der Waals surface area (Å²) >= 11 is 0. The van der Waals surface area contributed by atoms with Crippen LogP contribution in [0.15, 0.2) is 0 Å². The van der Waals surface area contributed by atoms with Crippen molar-refractivity contribution in [1.29, 1.82) is 0 Å². The van der Waals surface area contributed by atoms with Crippen LogP contribution in [0.5, 0.6) is 0 Å². The van der Waals surface area contributed by atoms with Crippen molar-refractivity contribution in [2.45, 2.75) is 45.2 Å². The van der Waals surface area contributed by atoms with E-state index in [4.69, 9.17) is 5.73 Å². The molecule has 0 heterocycles. The summed E-state index contributed by atoms with van der Waals surface area (Å²) in [5, 5.41) is 2.93. The quantitative estimate of drug-likeness (QED) is 0.653. The van der Waals surface area contributed by atoms with Crippen LogP contribution in [0.4, 0.5) is 0 Å². The Labute approximate surface area is 93.2 Å². The van der Waals surface area contributed by atoms with Gasteiger partial charge >= 0.3 is 0 Å². The van der Waals surface area contributed by atoms with E-state index in [9.17, 15) is 4.79 Å². The molecule has 4 nitrogen and oxygen atoms in total. The maximum atomic E-state index is 11.5. The van der Waals surface area contributed by atoms with Crippen LogP contribution < -0.4 is 11.1 Å². The lowest BCUT2D eigenvalue weighted by Gasteiger charge is -2.18. The molecule has 3 N–H and O–H groups in total. The van der Waals surface area contributed by atoms with E-state index >= 15 is 0 Å². The number of hydrogen-bond acceptors (Lipinski definition) is 3. The van der Waals surface area contributed by atoms with Crippen molar-refractivity contribution < 1.29 is 4.79 Å². The lowest BCUT2D eigenvalue weighted by Crippen LogP contribution is -2.45. The van der Waals surface area contributed by atoms with Gasteiger partial charge in [-0.05, 0) is 40.4 Å². The van der Waals surface area contributed by atoms with Crippen molar-refractivity contribution in [2.24, 2.45) is 5.73 Å². The van der Waals surface area contributed by atoms with Gasteiger partial charge in [-0.15, -0.1) is 0 Å². The first-order valence-electron chi connectivity index (χ1n) is 5.68. The molecule has 1 unspecified atom stereocenters. The molecule has 0 bridgehead atoms. The highest BCUT2D eigenvalue weighted by Crippen LogP contribution is 1.96. The molecule has 0 rings (SSSR count). The minimum atomic E-state index is -0.350. The number of nitrogens with zero attached hydrogens (tertiary/aromatic N) is 1. The van der Waals surface area contributed by atoms with Crippen LogP contribution in [-0.4, -0.2) is 43.5 Å². The molecule has 0 aromatic heterocycles. The first-order chi connectivity index (χ1) is 6.97. The normalized spacial score (nSPS) is 15.1.